The summed E-state index contributed by atoms with van der Waals surface area (Å²) in [6.45, 7) is 0. The topological polar surface area (TPSA) is 78.4 Å². The number of carbonyl (C=O) groups excluding carboxylic acids is 2. The van der Waals surface area contributed by atoms with Gasteiger partial charge in [0.15, 0.2) is 5.78 Å². The molecule has 5 nitrogen and oxygen atoms in total. The number of aliphatic hydroxyl groups excluding tert-OH is 1. The highest BCUT2D eigenvalue weighted by molar-refractivity contribution is 7.99. The van der Waals surface area contributed by atoms with Gasteiger partial charge in [-0.2, -0.15) is 0 Å². The van der Waals surface area contributed by atoms with Crippen LogP contribution in [0.1, 0.15) is 49.5 Å². The maximum Gasteiger partial charge on any atom is 0.258 e. The maximum absolute atomic E-state index is 13.0. The van der Waals surface area contributed by atoms with Crippen LogP contribution < -0.4 is 10.6 Å². The van der Waals surface area contributed by atoms with Crippen molar-refractivity contribution in [3.05, 3.63) is 47.7 Å². The third-order valence-corrected chi connectivity index (χ3v) is 8.52. The van der Waals surface area contributed by atoms with Crippen LogP contribution in [0.15, 0.2) is 42.2 Å². The second-order valence-electron chi connectivity index (χ2n) is 9.40. The van der Waals surface area contributed by atoms with Crippen molar-refractivity contribution in [2.75, 3.05) is 5.75 Å². The van der Waals surface area contributed by atoms with Gasteiger partial charge in [0.1, 0.15) is 5.57 Å². The minimum absolute atomic E-state index is 0.0244. The first-order valence-electron chi connectivity index (χ1n) is 10.7. The molecular formula is C23H28N2O3S. The predicted octanol–water partition coefficient (Wildman–Crippen LogP) is 3.49. The molecule has 3 N–H and O–H groups in total. The van der Waals surface area contributed by atoms with E-state index < -0.39 is 11.9 Å². The highest BCUT2D eigenvalue weighted by Gasteiger charge is 2.52. The highest BCUT2D eigenvalue weighted by atomic mass is 32.2. The number of aliphatic hydroxyl groups is 1. The van der Waals surface area contributed by atoms with E-state index in [1.54, 1.807) is 11.8 Å². The summed E-state index contributed by atoms with van der Waals surface area (Å²) >= 11 is 1.65. The van der Waals surface area contributed by atoms with Gasteiger partial charge < -0.3 is 10.4 Å². The fourth-order valence-corrected chi connectivity index (χ4v) is 7.68. The molecule has 6 heteroatoms. The van der Waals surface area contributed by atoms with Gasteiger partial charge in [0.05, 0.1) is 17.7 Å². The van der Waals surface area contributed by atoms with Crippen LogP contribution in [0.4, 0.5) is 0 Å². The Balaban J connectivity index is 1.25. The fourth-order valence-electron chi connectivity index (χ4n) is 6.44. The Morgan fingerprint density at radius 3 is 2.28 bits per heavy atom. The molecule has 6 rings (SSSR count). The van der Waals surface area contributed by atoms with Crippen LogP contribution in [0.3, 0.4) is 0 Å². The lowest BCUT2D eigenvalue weighted by molar-refractivity contribution is -0.127. The van der Waals surface area contributed by atoms with Crippen molar-refractivity contribution in [3.63, 3.8) is 0 Å². The zero-order valence-corrected chi connectivity index (χ0v) is 17.3. The summed E-state index contributed by atoms with van der Waals surface area (Å²) in [5.41, 5.74) is 0.818. The smallest absolute Gasteiger partial charge is 0.258 e. The van der Waals surface area contributed by atoms with Crippen LogP contribution in [0.5, 0.6) is 0 Å². The molecule has 4 bridgehead atoms. The number of ketones is 1. The molecule has 0 radical (unpaired) electrons. The summed E-state index contributed by atoms with van der Waals surface area (Å²) in [6.07, 6.45) is 7.64. The second kappa shape index (κ2) is 7.47. The number of thioether (sulfide) groups is 1. The normalized spacial score (nSPS) is 38.2. The molecule has 5 aliphatic rings. The standard InChI is InChI=1S/C23H28N2O3S/c26-12-18(20(27)19-13-29-22(24-19)17-4-2-1-3-5-17)21(28)25-23-9-14-6-15(10-23)8-16(7-14)11-23/h1-5,12,14-16,19,22,24,26H,6-11,13H2,(H,25,28)/t14?,15?,16?,19?,22-,23?/m0/s1. The number of hydrogen-bond acceptors (Lipinski definition) is 5. The lowest BCUT2D eigenvalue weighted by atomic mass is 9.53. The third-order valence-electron chi connectivity index (χ3n) is 7.26. The lowest BCUT2D eigenvalue weighted by Gasteiger charge is -2.56. The average Bonchev–Trinajstić information content (AvgIpc) is 3.18. The molecule has 5 fully saturated rings. The molecule has 2 atom stereocenters. The largest absolute Gasteiger partial charge is 0.515 e. The number of nitrogens with one attached hydrogen (secondary N) is 2. The molecule has 0 aromatic heterocycles. The minimum atomic E-state index is -0.467. The molecule has 1 aromatic rings. The van der Waals surface area contributed by atoms with Gasteiger partial charge in [-0.05, 0) is 61.8 Å². The number of Topliss-reactive ketones (excluding diaryl/α,β-unsaturated/α-hetero) is 1. The molecule has 1 unspecified atom stereocenters. The Kier molecular flexibility index (Phi) is 4.95. The second-order valence-corrected chi connectivity index (χ2v) is 10.5. The summed E-state index contributed by atoms with van der Waals surface area (Å²) in [7, 11) is 0. The lowest BCUT2D eigenvalue weighted by Crippen LogP contribution is -2.60. The Labute approximate surface area is 175 Å². The van der Waals surface area contributed by atoms with Crippen LogP contribution in [-0.4, -0.2) is 34.1 Å². The van der Waals surface area contributed by atoms with E-state index in [1.807, 2.05) is 30.3 Å². The van der Waals surface area contributed by atoms with Gasteiger partial charge in [0.25, 0.3) is 5.91 Å². The van der Waals surface area contributed by atoms with Gasteiger partial charge >= 0.3 is 0 Å². The summed E-state index contributed by atoms with van der Waals surface area (Å²) < 4.78 is 0. The molecule has 1 aliphatic heterocycles. The predicted molar refractivity (Wildman–Crippen MR) is 113 cm³/mol. The van der Waals surface area contributed by atoms with Crippen molar-refractivity contribution in [1.82, 2.24) is 10.6 Å². The van der Waals surface area contributed by atoms with Crippen molar-refractivity contribution in [2.45, 2.75) is 55.5 Å². The Morgan fingerprint density at radius 2 is 1.69 bits per heavy atom. The molecule has 1 saturated heterocycles. The Morgan fingerprint density at radius 1 is 1.07 bits per heavy atom. The maximum atomic E-state index is 13.0. The van der Waals surface area contributed by atoms with E-state index >= 15 is 0 Å². The van der Waals surface area contributed by atoms with E-state index in [2.05, 4.69) is 10.6 Å². The SMILES string of the molecule is O=C(NC12CC3CC(CC(C3)C1)C2)C(=CO)C(=O)C1CS[C@@H](c2ccccc2)N1. The van der Waals surface area contributed by atoms with Crippen LogP contribution >= 0.6 is 11.8 Å². The Bertz CT molecular complexity index is 803. The Hall–Kier alpha value is -1.79. The quantitative estimate of drug-likeness (QED) is 0.299. The number of amides is 1. The van der Waals surface area contributed by atoms with Crippen molar-refractivity contribution in [2.24, 2.45) is 17.8 Å². The van der Waals surface area contributed by atoms with E-state index in [0.29, 0.717) is 29.8 Å². The number of rotatable bonds is 5. The van der Waals surface area contributed by atoms with Crippen LogP contribution in [0.2, 0.25) is 0 Å². The first-order valence-corrected chi connectivity index (χ1v) is 11.7. The monoisotopic (exact) mass is 412 g/mol. The molecule has 154 valence electrons. The molecule has 4 aliphatic carbocycles. The zero-order valence-electron chi connectivity index (χ0n) is 16.5. The van der Waals surface area contributed by atoms with Gasteiger partial charge in [-0.1, -0.05) is 30.3 Å². The van der Waals surface area contributed by atoms with E-state index in [-0.39, 0.29) is 22.3 Å². The molecular weight excluding hydrogens is 384 g/mol. The summed E-state index contributed by atoms with van der Waals surface area (Å²) in [6, 6.07) is 9.51. The first kappa shape index (κ1) is 19.2. The van der Waals surface area contributed by atoms with Crippen molar-refractivity contribution < 1.29 is 14.7 Å². The molecule has 1 heterocycles. The summed E-state index contributed by atoms with van der Waals surface area (Å²) in [4.78, 5) is 26.0. The summed E-state index contributed by atoms with van der Waals surface area (Å²) in [5, 5.41) is 16.3. The van der Waals surface area contributed by atoms with E-state index in [9.17, 15) is 14.7 Å². The minimum Gasteiger partial charge on any atom is -0.515 e. The van der Waals surface area contributed by atoms with Crippen LogP contribution in [0, 0.1) is 17.8 Å². The van der Waals surface area contributed by atoms with Crippen molar-refractivity contribution >= 4 is 23.5 Å². The van der Waals surface area contributed by atoms with Crippen molar-refractivity contribution in [3.8, 4) is 0 Å². The fraction of sp³-hybridized carbons (Fsp3) is 0.565. The first-order chi connectivity index (χ1) is 14.0. The number of hydrogen-bond donors (Lipinski definition) is 3. The van der Waals surface area contributed by atoms with Gasteiger partial charge in [-0.25, -0.2) is 0 Å². The molecule has 1 amide bonds. The molecule has 29 heavy (non-hydrogen) atoms. The summed E-state index contributed by atoms with van der Waals surface area (Å²) in [5.74, 6) is 1.98. The average molecular weight is 413 g/mol. The van der Waals surface area contributed by atoms with Gasteiger partial charge in [-0.3, -0.25) is 14.9 Å². The van der Waals surface area contributed by atoms with Crippen molar-refractivity contribution in [1.29, 1.82) is 0 Å². The number of carbonyl (C=O) groups is 2. The molecule has 1 aromatic carbocycles. The zero-order chi connectivity index (χ0) is 20.0. The number of benzene rings is 1. The van der Waals surface area contributed by atoms with Gasteiger partial charge in [0.2, 0.25) is 0 Å². The highest BCUT2D eigenvalue weighted by Crippen LogP contribution is 2.55. The van der Waals surface area contributed by atoms with E-state index in [0.717, 1.165) is 24.8 Å². The van der Waals surface area contributed by atoms with Gasteiger partial charge in [0, 0.05) is 11.3 Å². The third kappa shape index (κ3) is 3.61. The molecule has 4 saturated carbocycles. The van der Waals surface area contributed by atoms with Gasteiger partial charge in [-0.15, -0.1) is 11.8 Å². The van der Waals surface area contributed by atoms with E-state index in [1.165, 1.54) is 19.3 Å². The van der Waals surface area contributed by atoms with Crippen LogP contribution in [0.25, 0.3) is 0 Å². The van der Waals surface area contributed by atoms with E-state index in [4.69, 9.17) is 0 Å². The van der Waals surface area contributed by atoms with Crippen LogP contribution in [-0.2, 0) is 9.59 Å². The molecule has 0 spiro atoms.